The molecule has 1 fully saturated rings. The molecule has 2 rings (SSSR count). The first-order chi connectivity index (χ1) is 23.0. The van der Waals surface area contributed by atoms with Gasteiger partial charge in [0.05, 0.1) is 22.9 Å². The molecule has 0 saturated carbocycles. The van der Waals surface area contributed by atoms with E-state index in [0.29, 0.717) is 5.56 Å². The number of cyclic esters (lactones) is 1. The molecule has 4 atom stereocenters. The van der Waals surface area contributed by atoms with Crippen molar-refractivity contribution in [1.82, 2.24) is 0 Å². The predicted molar refractivity (Wildman–Crippen MR) is 172 cm³/mol. The van der Waals surface area contributed by atoms with Crippen molar-refractivity contribution in [2.75, 3.05) is 6.61 Å². The van der Waals surface area contributed by atoms with Gasteiger partial charge in [0.25, 0.3) is 5.60 Å². The van der Waals surface area contributed by atoms with Gasteiger partial charge in [-0.3, -0.25) is 14.4 Å². The first-order valence-electron chi connectivity index (χ1n) is 16.8. The molecule has 0 amide bonds. The van der Waals surface area contributed by atoms with Gasteiger partial charge in [-0.1, -0.05) is 51.1 Å². The highest BCUT2D eigenvalue weighted by Gasteiger charge is 2.71. The lowest BCUT2D eigenvalue weighted by atomic mass is 9.65. The summed E-state index contributed by atoms with van der Waals surface area (Å²) in [5, 5.41) is 9.88. The zero-order valence-corrected chi connectivity index (χ0v) is 30.5. The van der Waals surface area contributed by atoms with Crippen molar-refractivity contribution in [3.05, 3.63) is 35.9 Å². The topological polar surface area (TPSA) is 125 Å². The van der Waals surface area contributed by atoms with E-state index in [2.05, 4.69) is 0 Å². The molecular weight excluding hydrogens is 690 g/mol. The number of esters is 4. The molecule has 51 heavy (non-hydrogen) atoms. The summed E-state index contributed by atoms with van der Waals surface area (Å²) >= 11 is 0. The molecule has 0 radical (unpaired) electrons. The molecule has 1 heterocycles. The summed E-state index contributed by atoms with van der Waals surface area (Å²) in [5.41, 5.74) is -10.6. The summed E-state index contributed by atoms with van der Waals surface area (Å²) in [6, 6.07) is 8.86. The number of aliphatic hydroxyl groups is 1. The molecule has 0 aromatic heterocycles. The Bertz CT molecular complexity index is 1380. The molecule has 1 aromatic rings. The van der Waals surface area contributed by atoms with Gasteiger partial charge in [0, 0.05) is 12.8 Å². The van der Waals surface area contributed by atoms with E-state index in [0.717, 1.165) is 0 Å². The lowest BCUT2D eigenvalue weighted by Gasteiger charge is -2.41. The van der Waals surface area contributed by atoms with E-state index < -0.39 is 101 Å². The van der Waals surface area contributed by atoms with Crippen molar-refractivity contribution in [2.24, 2.45) is 22.2 Å². The average Bonchev–Trinajstić information content (AvgIpc) is 3.39. The van der Waals surface area contributed by atoms with Gasteiger partial charge in [-0.15, -0.1) is 0 Å². The average molecular weight is 741 g/mol. The smallest absolute Gasteiger partial charge is 0.426 e. The van der Waals surface area contributed by atoms with E-state index >= 15 is 0 Å². The minimum absolute atomic E-state index is 0.0156. The highest BCUT2D eigenvalue weighted by atomic mass is 19.4. The van der Waals surface area contributed by atoms with Crippen LogP contribution in [0.4, 0.5) is 26.3 Å². The molecule has 4 unspecified atom stereocenters. The first-order valence-corrected chi connectivity index (χ1v) is 16.8. The van der Waals surface area contributed by atoms with Gasteiger partial charge < -0.3 is 24.1 Å². The molecule has 1 aliphatic heterocycles. The summed E-state index contributed by atoms with van der Waals surface area (Å²) < 4.78 is 103. The Hall–Kier alpha value is -3.36. The van der Waals surface area contributed by atoms with Crippen LogP contribution in [0.5, 0.6) is 0 Å². The van der Waals surface area contributed by atoms with Crippen molar-refractivity contribution in [3.8, 4) is 0 Å². The van der Waals surface area contributed by atoms with Gasteiger partial charge in [0.1, 0.15) is 11.7 Å². The lowest BCUT2D eigenvalue weighted by molar-refractivity contribution is -0.374. The molecule has 0 bridgehead atoms. The summed E-state index contributed by atoms with van der Waals surface area (Å²) in [7, 11) is 0. The monoisotopic (exact) mass is 740 g/mol. The Labute approximate surface area is 294 Å². The molecule has 1 saturated heterocycles. The van der Waals surface area contributed by atoms with Crippen LogP contribution < -0.4 is 0 Å². The van der Waals surface area contributed by atoms with E-state index in [9.17, 15) is 50.6 Å². The van der Waals surface area contributed by atoms with Crippen molar-refractivity contribution < 1.29 is 69.6 Å². The number of ether oxygens (including phenoxy) is 4. The number of alkyl halides is 6. The van der Waals surface area contributed by atoms with Crippen LogP contribution in [0, 0.1) is 22.2 Å². The van der Waals surface area contributed by atoms with Gasteiger partial charge >= 0.3 is 36.2 Å². The fourth-order valence-electron chi connectivity index (χ4n) is 6.30. The molecule has 0 spiro atoms. The third-order valence-electron chi connectivity index (χ3n) is 9.35. The van der Waals surface area contributed by atoms with Crippen molar-refractivity contribution >= 4 is 23.9 Å². The largest absolute Gasteiger partial charge is 0.463 e. The first kappa shape index (κ1) is 43.8. The molecule has 1 aromatic carbocycles. The van der Waals surface area contributed by atoms with Crippen molar-refractivity contribution in [3.63, 3.8) is 0 Å². The number of carbonyl (C=O) groups excluding carboxylic acids is 4. The van der Waals surface area contributed by atoms with Crippen molar-refractivity contribution in [1.29, 1.82) is 0 Å². The molecule has 290 valence electrons. The number of rotatable bonds is 16. The maximum absolute atomic E-state index is 13.9. The number of hydrogen-bond acceptors (Lipinski definition) is 9. The molecule has 1 N–H and O–H groups in total. The maximum atomic E-state index is 13.9. The molecule has 1 aliphatic rings. The second-order valence-corrected chi connectivity index (χ2v) is 15.5. The van der Waals surface area contributed by atoms with Crippen LogP contribution in [-0.2, 0) is 43.7 Å². The molecule has 0 aliphatic carbocycles. The highest BCUT2D eigenvalue weighted by molar-refractivity contribution is 5.85. The lowest BCUT2D eigenvalue weighted by Crippen LogP contribution is -2.59. The Kier molecular flexibility index (Phi) is 13.5. The van der Waals surface area contributed by atoms with Crippen LogP contribution in [0.25, 0.3) is 0 Å². The zero-order valence-electron chi connectivity index (χ0n) is 30.5. The van der Waals surface area contributed by atoms with Gasteiger partial charge in [0.15, 0.2) is 0 Å². The summed E-state index contributed by atoms with van der Waals surface area (Å²) in [5.74, 6) is -4.31. The number of halogens is 6. The number of benzene rings is 1. The third-order valence-corrected chi connectivity index (χ3v) is 9.35. The number of hydrogen-bond donors (Lipinski definition) is 1. The fraction of sp³-hybridized carbons (Fsp3) is 0.722. The van der Waals surface area contributed by atoms with Crippen LogP contribution in [0.3, 0.4) is 0 Å². The predicted octanol–water partition coefficient (Wildman–Crippen LogP) is 7.76. The van der Waals surface area contributed by atoms with E-state index in [1.54, 1.807) is 58.0 Å². The zero-order chi connectivity index (χ0) is 39.4. The standard InChI is InChI=1S/C36H50F6O9/c1-10-32(8,29(46)51-31(6,7)23-14-12-11-13-15-23)21-33(9,28(45)50-25-16-17-48-26(25)43)20-30(4,5)27(44)49-24(18-22(2)3)19-34(47,35(37,38)39)36(40,41)42/h11-15,22,24-25,47H,10,16-21H2,1-9H3. The van der Waals surface area contributed by atoms with Gasteiger partial charge in [-0.05, 0) is 78.7 Å². The second-order valence-electron chi connectivity index (χ2n) is 15.5. The van der Waals surface area contributed by atoms with E-state index in [4.69, 9.17) is 18.9 Å². The summed E-state index contributed by atoms with van der Waals surface area (Å²) in [4.78, 5) is 53.7. The molecule has 9 nitrogen and oxygen atoms in total. The van der Waals surface area contributed by atoms with E-state index in [1.807, 2.05) is 0 Å². The van der Waals surface area contributed by atoms with Crippen LogP contribution in [0.1, 0.15) is 106 Å². The maximum Gasteiger partial charge on any atom is 0.426 e. The highest BCUT2D eigenvalue weighted by Crippen LogP contribution is 2.49. The summed E-state index contributed by atoms with van der Waals surface area (Å²) in [6.07, 6.45) is -18.7. The fourth-order valence-corrected chi connectivity index (χ4v) is 6.30. The number of carbonyl (C=O) groups is 4. The molecule has 15 heteroatoms. The van der Waals surface area contributed by atoms with E-state index in [-0.39, 0.29) is 25.9 Å². The quantitative estimate of drug-likeness (QED) is 0.103. The minimum Gasteiger partial charge on any atom is -0.463 e. The normalized spacial score (nSPS) is 19.1. The second kappa shape index (κ2) is 15.7. The van der Waals surface area contributed by atoms with E-state index in [1.165, 1.54) is 34.6 Å². The third kappa shape index (κ3) is 10.6. The Morgan fingerprint density at radius 2 is 1.41 bits per heavy atom. The van der Waals surface area contributed by atoms with Gasteiger partial charge in [0.2, 0.25) is 6.10 Å². The van der Waals surface area contributed by atoms with Crippen LogP contribution in [0.15, 0.2) is 30.3 Å². The Balaban J connectivity index is 2.50. The summed E-state index contributed by atoms with van der Waals surface area (Å²) in [6.45, 7) is 13.5. The van der Waals surface area contributed by atoms with Crippen molar-refractivity contribution in [2.45, 2.75) is 137 Å². The van der Waals surface area contributed by atoms with Crippen LogP contribution in [-0.4, -0.2) is 65.8 Å². The van der Waals surface area contributed by atoms with Gasteiger partial charge in [-0.2, -0.15) is 26.3 Å². The minimum atomic E-state index is -6.14. The molecular formula is C36H50F6O9. The van der Waals surface area contributed by atoms with Crippen LogP contribution >= 0.6 is 0 Å². The Morgan fingerprint density at radius 1 is 0.863 bits per heavy atom. The Morgan fingerprint density at radius 3 is 1.86 bits per heavy atom. The van der Waals surface area contributed by atoms with Gasteiger partial charge in [-0.25, -0.2) is 4.79 Å². The SMILES string of the molecule is CCC(C)(CC(C)(CC(C)(C)C(=O)OC(CC(C)C)CC(O)(C(F)(F)F)C(F)(F)F)C(=O)OC1CCOC1=O)C(=O)OC(C)(C)c1ccccc1. The van der Waals surface area contributed by atoms with Crippen LogP contribution in [0.2, 0.25) is 0 Å².